The van der Waals surface area contributed by atoms with Crippen LogP contribution in [0.4, 0.5) is 0 Å². The molecule has 0 spiro atoms. The Morgan fingerprint density at radius 2 is 2.12 bits per heavy atom. The monoisotopic (exact) mass is 273 g/mol. The lowest BCUT2D eigenvalue weighted by atomic mass is 10.3. The smallest absolute Gasteiger partial charge is 0.263 e. The number of rotatable bonds is 2. The maximum absolute atomic E-state index is 5.92. The van der Waals surface area contributed by atoms with Crippen LogP contribution >= 0.6 is 22.9 Å². The first-order valence-electron chi connectivity index (χ1n) is 4.97. The summed E-state index contributed by atoms with van der Waals surface area (Å²) >= 11 is 7.70. The summed E-state index contributed by atoms with van der Waals surface area (Å²) < 4.78 is 3.59. The van der Waals surface area contributed by atoms with E-state index in [1.165, 1.54) is 15.2 Å². The number of thiazole rings is 1. The third-order valence-electron chi connectivity index (χ3n) is 2.28. The maximum atomic E-state index is 5.92. The highest BCUT2D eigenvalue weighted by molar-refractivity contribution is 7.18. The van der Waals surface area contributed by atoms with Gasteiger partial charge in [-0.05, 0) is 19.9 Å². The minimum Gasteiger partial charge on any atom is -1.00 e. The summed E-state index contributed by atoms with van der Waals surface area (Å²) in [7, 11) is 0. The van der Waals surface area contributed by atoms with Crippen LogP contribution in [0.15, 0.2) is 29.3 Å². The summed E-state index contributed by atoms with van der Waals surface area (Å²) in [5.41, 5.74) is 1.29. The summed E-state index contributed by atoms with van der Waals surface area (Å²) in [6.45, 7) is 5.03. The van der Waals surface area contributed by atoms with Gasteiger partial charge in [-0.1, -0.05) is 35.1 Å². The zero-order valence-corrected chi connectivity index (χ0v) is 11.5. The third kappa shape index (κ3) is 2.57. The lowest BCUT2D eigenvalue weighted by Gasteiger charge is -1.90. The molecule has 0 radical (unpaired) electrons. The van der Waals surface area contributed by atoms with E-state index in [4.69, 9.17) is 11.6 Å². The fraction of sp³-hybridized carbons (Fsp3) is 0.250. The van der Waals surface area contributed by atoms with Crippen molar-refractivity contribution in [3.05, 3.63) is 34.3 Å². The quantitative estimate of drug-likeness (QED) is 0.714. The van der Waals surface area contributed by atoms with E-state index in [9.17, 15) is 0 Å². The molecule has 0 bridgehead atoms. The first-order chi connectivity index (χ1) is 7.22. The van der Waals surface area contributed by atoms with E-state index in [2.05, 4.69) is 35.8 Å². The van der Waals surface area contributed by atoms with Gasteiger partial charge in [0.2, 0.25) is 5.52 Å². The van der Waals surface area contributed by atoms with Gasteiger partial charge in [0.05, 0.1) is 0 Å². The van der Waals surface area contributed by atoms with Crippen LogP contribution in [0.2, 0.25) is 0 Å². The number of para-hydroxylation sites is 1. The summed E-state index contributed by atoms with van der Waals surface area (Å²) in [5.74, 6) is 0. The van der Waals surface area contributed by atoms with Gasteiger partial charge in [0.25, 0.3) is 5.01 Å². The number of fused-ring (bicyclic) bond motifs is 1. The second kappa shape index (κ2) is 5.67. The molecule has 2 aromatic rings. The molecule has 1 heterocycles. The number of benzene rings is 1. The highest BCUT2D eigenvalue weighted by Crippen LogP contribution is 2.22. The lowest BCUT2D eigenvalue weighted by molar-refractivity contribution is -0.665. The molecule has 0 aliphatic carbocycles. The number of allylic oxidation sites excluding steroid dienone is 1. The molecule has 0 unspecified atom stereocenters. The number of hydrogen-bond donors (Lipinski definition) is 0. The zero-order chi connectivity index (χ0) is 10.8. The Balaban J connectivity index is 0.00000128. The van der Waals surface area contributed by atoms with E-state index >= 15 is 0 Å². The summed E-state index contributed by atoms with van der Waals surface area (Å²) in [4.78, 5) is 0. The average molecular weight is 274 g/mol. The molecule has 0 aliphatic rings. The first kappa shape index (κ1) is 13.5. The number of aromatic nitrogens is 1. The van der Waals surface area contributed by atoms with E-state index in [1.807, 2.05) is 13.0 Å². The molecule has 1 aromatic carbocycles. The molecule has 1 nitrogen and oxygen atoms in total. The predicted octanol–water partition coefficient (Wildman–Crippen LogP) is 0.812. The van der Waals surface area contributed by atoms with Gasteiger partial charge in [-0.15, -0.1) is 0 Å². The van der Waals surface area contributed by atoms with Gasteiger partial charge in [-0.25, -0.2) is 0 Å². The van der Waals surface area contributed by atoms with E-state index in [0.717, 1.165) is 11.6 Å². The average Bonchev–Trinajstić information content (AvgIpc) is 2.53. The largest absolute Gasteiger partial charge is 1.00 e. The topological polar surface area (TPSA) is 3.88 Å². The fourth-order valence-electron chi connectivity index (χ4n) is 1.66. The minimum absolute atomic E-state index is 0. The summed E-state index contributed by atoms with van der Waals surface area (Å²) in [5, 5.41) is 2.04. The Morgan fingerprint density at radius 1 is 1.44 bits per heavy atom. The van der Waals surface area contributed by atoms with Crippen molar-refractivity contribution in [2.24, 2.45) is 0 Å². The Labute approximate surface area is 111 Å². The van der Waals surface area contributed by atoms with E-state index in [-0.39, 0.29) is 12.4 Å². The molecule has 16 heavy (non-hydrogen) atoms. The van der Waals surface area contributed by atoms with Gasteiger partial charge in [-0.2, -0.15) is 4.57 Å². The number of nitrogens with zero attached hydrogens (tertiary/aromatic N) is 1. The van der Waals surface area contributed by atoms with Gasteiger partial charge in [0.15, 0.2) is 0 Å². The number of hydrogen-bond acceptors (Lipinski definition) is 1. The molecule has 4 heteroatoms. The van der Waals surface area contributed by atoms with Crippen LogP contribution in [0.3, 0.4) is 0 Å². The highest BCUT2D eigenvalue weighted by Gasteiger charge is 2.16. The molecular formula is C12H13Cl2NS. The van der Waals surface area contributed by atoms with Crippen LogP contribution in [-0.4, -0.2) is 0 Å². The molecule has 0 saturated heterocycles. The zero-order valence-electron chi connectivity index (χ0n) is 9.21. The fourth-order valence-corrected chi connectivity index (χ4v) is 3.05. The molecule has 0 aliphatic heterocycles. The van der Waals surface area contributed by atoms with Gasteiger partial charge >= 0.3 is 0 Å². The highest BCUT2D eigenvalue weighted by atomic mass is 35.5. The van der Waals surface area contributed by atoms with Gasteiger partial charge < -0.3 is 12.4 Å². The molecular weight excluding hydrogens is 261 g/mol. The Kier molecular flexibility index (Phi) is 4.78. The minimum atomic E-state index is 0. The maximum Gasteiger partial charge on any atom is 0.263 e. The van der Waals surface area contributed by atoms with Crippen molar-refractivity contribution in [2.45, 2.75) is 20.4 Å². The molecule has 0 fully saturated rings. The summed E-state index contributed by atoms with van der Waals surface area (Å²) in [6, 6.07) is 8.44. The summed E-state index contributed by atoms with van der Waals surface area (Å²) in [6.07, 6.45) is 2.02. The van der Waals surface area contributed by atoms with Crippen molar-refractivity contribution >= 4 is 39.2 Å². The third-order valence-corrected chi connectivity index (χ3v) is 3.50. The normalized spacial score (nSPS) is 11.6. The molecule has 0 saturated carbocycles. The van der Waals surface area contributed by atoms with Crippen LogP contribution in [-0.2, 0) is 6.54 Å². The molecule has 0 amide bonds. The number of halogens is 2. The van der Waals surface area contributed by atoms with Crippen molar-refractivity contribution in [1.29, 1.82) is 0 Å². The van der Waals surface area contributed by atoms with Gasteiger partial charge in [0.1, 0.15) is 11.2 Å². The van der Waals surface area contributed by atoms with Crippen molar-refractivity contribution in [2.75, 3.05) is 0 Å². The van der Waals surface area contributed by atoms with E-state index < -0.39 is 0 Å². The predicted molar refractivity (Wildman–Crippen MR) is 67.2 cm³/mol. The molecule has 1 aromatic heterocycles. The lowest BCUT2D eigenvalue weighted by Crippen LogP contribution is -3.00. The van der Waals surface area contributed by atoms with Crippen LogP contribution in [0.25, 0.3) is 16.3 Å². The molecule has 0 atom stereocenters. The van der Waals surface area contributed by atoms with Crippen molar-refractivity contribution < 1.29 is 17.0 Å². The Bertz CT molecular complexity index is 513. The molecule has 2 rings (SSSR count). The van der Waals surface area contributed by atoms with Crippen LogP contribution in [0.1, 0.15) is 18.9 Å². The van der Waals surface area contributed by atoms with Crippen LogP contribution < -0.4 is 17.0 Å². The van der Waals surface area contributed by atoms with Crippen molar-refractivity contribution in [3.8, 4) is 0 Å². The van der Waals surface area contributed by atoms with E-state index in [0.29, 0.717) is 0 Å². The second-order valence-electron chi connectivity index (χ2n) is 3.38. The second-order valence-corrected chi connectivity index (χ2v) is 5.04. The SMILES string of the molecule is CC[n+]1c(C=C(C)Cl)sc2ccccc21.[Cl-]. The van der Waals surface area contributed by atoms with Crippen LogP contribution in [0.5, 0.6) is 0 Å². The van der Waals surface area contributed by atoms with Crippen LogP contribution in [0, 0.1) is 0 Å². The Hall–Kier alpha value is -0.570. The molecule has 86 valence electrons. The molecule has 0 N–H and O–H groups in total. The van der Waals surface area contributed by atoms with Crippen molar-refractivity contribution in [3.63, 3.8) is 0 Å². The van der Waals surface area contributed by atoms with Crippen molar-refractivity contribution in [1.82, 2.24) is 0 Å². The standard InChI is InChI=1S/C12H13ClNS.ClH/c1-3-14-10-6-4-5-7-11(10)15-12(14)8-9(2)13;/h4-8H,3H2,1-2H3;1H/q+1;/p-1. The van der Waals surface area contributed by atoms with Gasteiger partial charge in [-0.3, -0.25) is 0 Å². The first-order valence-corrected chi connectivity index (χ1v) is 6.17. The van der Waals surface area contributed by atoms with Gasteiger partial charge in [0, 0.05) is 17.2 Å². The Morgan fingerprint density at radius 3 is 2.75 bits per heavy atom. The van der Waals surface area contributed by atoms with E-state index in [1.54, 1.807) is 11.3 Å². The number of aryl methyl sites for hydroxylation is 1.